The van der Waals surface area contributed by atoms with E-state index in [0.29, 0.717) is 11.6 Å². The maximum atomic E-state index is 12.5. The minimum atomic E-state index is -0.878. The average Bonchev–Trinajstić information content (AvgIpc) is 3.21. The van der Waals surface area contributed by atoms with Gasteiger partial charge in [0, 0.05) is 23.1 Å². The fraction of sp³-hybridized carbons (Fsp3) is 0.200. The molecule has 1 atom stereocenters. The Hall–Kier alpha value is -3.37. The van der Waals surface area contributed by atoms with Crippen LogP contribution in [0.25, 0.3) is 11.3 Å². The van der Waals surface area contributed by atoms with Crippen molar-refractivity contribution >= 4 is 45.4 Å². The van der Waals surface area contributed by atoms with Gasteiger partial charge in [0.25, 0.3) is 17.3 Å². The number of hydrogen-bond donors (Lipinski definition) is 1. The largest absolute Gasteiger partial charge is 0.298 e. The number of hydrogen-bond acceptors (Lipinski definition) is 7. The van der Waals surface area contributed by atoms with Crippen molar-refractivity contribution in [3.8, 4) is 11.3 Å². The van der Waals surface area contributed by atoms with Crippen LogP contribution in [0.2, 0.25) is 5.02 Å². The summed E-state index contributed by atoms with van der Waals surface area (Å²) in [5.41, 5.74) is 1.05. The molecule has 0 radical (unpaired) electrons. The minimum Gasteiger partial charge on any atom is -0.298 e. The zero-order chi connectivity index (χ0) is 22.7. The normalized spacial score (nSPS) is 11.7. The van der Waals surface area contributed by atoms with Gasteiger partial charge in [-0.25, -0.2) is 4.98 Å². The average molecular weight is 461 g/mol. The molecule has 0 spiro atoms. The fourth-order valence-electron chi connectivity index (χ4n) is 2.84. The Balaban J connectivity index is 1.83. The highest BCUT2D eigenvalue weighted by atomic mass is 35.5. The van der Waals surface area contributed by atoms with Crippen molar-refractivity contribution in [2.45, 2.75) is 26.2 Å². The number of aromatic nitrogens is 1. The Morgan fingerprint density at radius 3 is 2.26 bits per heavy atom. The van der Waals surface area contributed by atoms with E-state index >= 15 is 0 Å². The smallest absolute Gasteiger partial charge is 0.295 e. The van der Waals surface area contributed by atoms with E-state index in [4.69, 9.17) is 11.6 Å². The number of nitro benzene ring substituents is 2. The molecular formula is C20H17ClN4O5S. The first-order valence-corrected chi connectivity index (χ1v) is 10.5. The number of anilines is 1. The third-order valence-corrected chi connectivity index (χ3v) is 5.95. The molecule has 1 unspecified atom stereocenters. The Labute approximate surface area is 186 Å². The van der Waals surface area contributed by atoms with Crippen molar-refractivity contribution < 1.29 is 14.6 Å². The molecule has 1 heterocycles. The summed E-state index contributed by atoms with van der Waals surface area (Å²) >= 11 is 6.89. The first kappa shape index (κ1) is 22.3. The van der Waals surface area contributed by atoms with Gasteiger partial charge in [-0.3, -0.25) is 30.3 Å². The van der Waals surface area contributed by atoms with Crippen LogP contribution >= 0.6 is 22.9 Å². The predicted octanol–water partition coefficient (Wildman–Crippen LogP) is 6.05. The third kappa shape index (κ3) is 4.86. The van der Waals surface area contributed by atoms with Gasteiger partial charge in [0.2, 0.25) is 0 Å². The van der Waals surface area contributed by atoms with Crippen molar-refractivity contribution in [3.05, 3.63) is 78.2 Å². The molecule has 0 saturated carbocycles. The van der Waals surface area contributed by atoms with Gasteiger partial charge in [-0.05, 0) is 17.9 Å². The lowest BCUT2D eigenvalue weighted by Crippen LogP contribution is -2.12. The van der Waals surface area contributed by atoms with E-state index in [-0.39, 0.29) is 10.7 Å². The predicted molar refractivity (Wildman–Crippen MR) is 119 cm³/mol. The van der Waals surface area contributed by atoms with Crippen LogP contribution in [0.4, 0.5) is 16.5 Å². The quantitative estimate of drug-likeness (QED) is 0.337. The highest BCUT2D eigenvalue weighted by molar-refractivity contribution is 7.14. The monoisotopic (exact) mass is 460 g/mol. The van der Waals surface area contributed by atoms with Gasteiger partial charge in [0.1, 0.15) is 0 Å². The van der Waals surface area contributed by atoms with Gasteiger partial charge in [-0.2, -0.15) is 0 Å². The second-order valence-corrected chi connectivity index (χ2v) is 8.00. The number of halogens is 1. The van der Waals surface area contributed by atoms with Crippen LogP contribution in [0.15, 0.2) is 41.8 Å². The minimum absolute atomic E-state index is 0.256. The second-order valence-electron chi connectivity index (χ2n) is 6.77. The van der Waals surface area contributed by atoms with Crippen LogP contribution in [0.3, 0.4) is 0 Å². The van der Waals surface area contributed by atoms with E-state index in [9.17, 15) is 25.0 Å². The number of amides is 1. The molecule has 11 heteroatoms. The summed E-state index contributed by atoms with van der Waals surface area (Å²) in [5, 5.41) is 26.2. The van der Waals surface area contributed by atoms with E-state index < -0.39 is 32.2 Å². The number of thiazole rings is 1. The van der Waals surface area contributed by atoms with Crippen LogP contribution in [-0.2, 0) is 0 Å². The van der Waals surface area contributed by atoms with Crippen LogP contribution in [0, 0.1) is 20.2 Å². The summed E-state index contributed by atoms with van der Waals surface area (Å²) in [4.78, 5) is 37.4. The molecular weight excluding hydrogens is 444 g/mol. The lowest BCUT2D eigenvalue weighted by molar-refractivity contribution is -0.393. The van der Waals surface area contributed by atoms with Gasteiger partial charge in [-0.15, -0.1) is 11.3 Å². The molecule has 3 aromatic rings. The Bertz CT molecular complexity index is 1130. The number of rotatable bonds is 7. The molecule has 31 heavy (non-hydrogen) atoms. The molecule has 3 rings (SSSR count). The second kappa shape index (κ2) is 9.19. The van der Waals surface area contributed by atoms with Gasteiger partial charge in [0.05, 0.1) is 21.1 Å². The number of benzene rings is 2. The van der Waals surface area contributed by atoms with E-state index in [1.54, 1.807) is 5.38 Å². The summed E-state index contributed by atoms with van der Waals surface area (Å²) < 4.78 is 0. The molecule has 0 saturated heterocycles. The van der Waals surface area contributed by atoms with Crippen LogP contribution < -0.4 is 5.32 Å². The van der Waals surface area contributed by atoms with E-state index in [1.807, 2.05) is 24.3 Å². The maximum absolute atomic E-state index is 12.5. The molecule has 1 N–H and O–H groups in total. The first-order chi connectivity index (χ1) is 14.7. The maximum Gasteiger partial charge on any atom is 0.295 e. The Morgan fingerprint density at radius 2 is 1.74 bits per heavy atom. The SMILES string of the molecule is CCC(C)c1ccc(-c2csc(NC(=O)c3cc([N+](=O)[O-])c(Cl)c([N+](=O)[O-])c3)n2)cc1. The van der Waals surface area contributed by atoms with E-state index in [1.165, 1.54) is 16.9 Å². The topological polar surface area (TPSA) is 128 Å². The number of nitrogens with one attached hydrogen (secondary N) is 1. The van der Waals surface area contributed by atoms with Gasteiger partial charge in [-0.1, -0.05) is 49.7 Å². The van der Waals surface area contributed by atoms with Gasteiger partial charge >= 0.3 is 0 Å². The number of nitro groups is 2. The molecule has 0 aliphatic carbocycles. The Kier molecular flexibility index (Phi) is 6.62. The van der Waals surface area contributed by atoms with Crippen LogP contribution in [0.5, 0.6) is 0 Å². The molecule has 160 valence electrons. The summed E-state index contributed by atoms with van der Waals surface area (Å²) in [6, 6.07) is 9.77. The molecule has 0 bridgehead atoms. The molecule has 0 aliphatic heterocycles. The first-order valence-electron chi connectivity index (χ1n) is 9.20. The number of carbonyl (C=O) groups is 1. The van der Waals surface area contributed by atoms with Crippen molar-refractivity contribution in [3.63, 3.8) is 0 Å². The van der Waals surface area contributed by atoms with Crippen molar-refractivity contribution in [2.75, 3.05) is 5.32 Å². The molecule has 0 fully saturated rings. The van der Waals surface area contributed by atoms with E-state index in [2.05, 4.69) is 24.1 Å². The molecule has 0 aliphatic rings. The van der Waals surface area contributed by atoms with E-state index in [0.717, 1.165) is 24.1 Å². The van der Waals surface area contributed by atoms with Crippen molar-refractivity contribution in [1.82, 2.24) is 4.98 Å². The summed E-state index contributed by atoms with van der Waals surface area (Å²) in [5.74, 6) is -0.317. The van der Waals surface area contributed by atoms with Gasteiger partial charge in [0.15, 0.2) is 10.2 Å². The summed E-state index contributed by atoms with van der Waals surface area (Å²) in [6.07, 6.45) is 1.03. The number of carbonyl (C=O) groups excluding carboxylic acids is 1. The zero-order valence-electron chi connectivity index (χ0n) is 16.5. The highest BCUT2D eigenvalue weighted by Gasteiger charge is 2.27. The summed E-state index contributed by atoms with van der Waals surface area (Å²) in [7, 11) is 0. The van der Waals surface area contributed by atoms with Gasteiger partial charge < -0.3 is 0 Å². The fourth-order valence-corrected chi connectivity index (χ4v) is 3.80. The standard InChI is InChI=1S/C20H17ClN4O5S/c1-3-11(2)12-4-6-13(7-5-12)15-10-31-20(22-15)23-19(26)14-8-16(24(27)28)18(21)17(9-14)25(29)30/h4-11H,3H2,1-2H3,(H,22,23,26). The molecule has 9 nitrogen and oxygen atoms in total. The lowest BCUT2D eigenvalue weighted by atomic mass is 9.97. The zero-order valence-corrected chi connectivity index (χ0v) is 18.1. The van der Waals surface area contributed by atoms with Crippen LogP contribution in [0.1, 0.15) is 42.1 Å². The Morgan fingerprint density at radius 1 is 1.16 bits per heavy atom. The third-order valence-electron chi connectivity index (χ3n) is 4.80. The highest BCUT2D eigenvalue weighted by Crippen LogP contribution is 2.35. The molecule has 2 aromatic carbocycles. The molecule has 1 aromatic heterocycles. The lowest BCUT2D eigenvalue weighted by Gasteiger charge is -2.08. The summed E-state index contributed by atoms with van der Waals surface area (Å²) in [6.45, 7) is 4.27. The van der Waals surface area contributed by atoms with Crippen molar-refractivity contribution in [1.29, 1.82) is 0 Å². The number of nitrogens with zero attached hydrogens (tertiary/aromatic N) is 3. The molecule has 1 amide bonds. The van der Waals surface area contributed by atoms with Crippen LogP contribution in [-0.4, -0.2) is 20.7 Å². The van der Waals surface area contributed by atoms with Crippen molar-refractivity contribution in [2.24, 2.45) is 0 Å².